The summed E-state index contributed by atoms with van der Waals surface area (Å²) in [7, 11) is 6.19. The first-order valence-electron chi connectivity index (χ1n) is 9.72. The molecular weight excluding hydrogens is 364 g/mol. The van der Waals surface area contributed by atoms with Crippen LogP contribution in [-0.2, 0) is 30.1 Å². The van der Waals surface area contributed by atoms with Gasteiger partial charge in [-0.05, 0) is 31.2 Å². The molecule has 1 heterocycles. The molecule has 1 aliphatic rings. The summed E-state index contributed by atoms with van der Waals surface area (Å²) in [5.74, 6) is 0. The van der Waals surface area contributed by atoms with Crippen molar-refractivity contribution in [2.24, 2.45) is 0 Å². The average molecular weight is 398 g/mol. The Morgan fingerprint density at radius 2 is 1.46 bits per heavy atom. The van der Waals surface area contributed by atoms with Crippen LogP contribution < -0.4 is 0 Å². The summed E-state index contributed by atoms with van der Waals surface area (Å²) in [6.45, 7) is 0. The molecule has 0 aliphatic carbocycles. The van der Waals surface area contributed by atoms with E-state index in [0.29, 0.717) is 19.3 Å². The van der Waals surface area contributed by atoms with Gasteiger partial charge in [-0.3, -0.25) is 0 Å². The standard InChI is InChI=1S/C21H34O7/c1-24-18-17(28-21(27-4)20(26-3)19(18)25-2)16(23)13-12-15(22)11-10-14-8-6-5-7-9-14/h5-9,15-23H,10-13H2,1-4H3/t15?,16?,17-,18-,19+,20-,21+/m1/s1. The Morgan fingerprint density at radius 1 is 0.821 bits per heavy atom. The molecular formula is C21H34O7. The molecule has 0 amide bonds. The third kappa shape index (κ3) is 5.97. The molecule has 2 N–H and O–H groups in total. The van der Waals surface area contributed by atoms with Crippen LogP contribution in [0.5, 0.6) is 0 Å². The lowest BCUT2D eigenvalue weighted by Gasteiger charge is -2.45. The van der Waals surface area contributed by atoms with Gasteiger partial charge in [0.1, 0.15) is 24.4 Å². The molecule has 28 heavy (non-hydrogen) atoms. The Balaban J connectivity index is 1.90. The number of methoxy groups -OCH3 is 4. The van der Waals surface area contributed by atoms with Crippen LogP contribution in [0.2, 0.25) is 0 Å². The number of aliphatic hydroxyl groups excluding tert-OH is 2. The molecule has 7 atom stereocenters. The van der Waals surface area contributed by atoms with Crippen molar-refractivity contribution in [3.63, 3.8) is 0 Å². The highest BCUT2D eigenvalue weighted by molar-refractivity contribution is 5.14. The average Bonchev–Trinajstić information content (AvgIpc) is 2.74. The van der Waals surface area contributed by atoms with Crippen LogP contribution in [0.3, 0.4) is 0 Å². The van der Waals surface area contributed by atoms with Gasteiger partial charge >= 0.3 is 0 Å². The lowest BCUT2D eigenvalue weighted by atomic mass is 9.91. The van der Waals surface area contributed by atoms with Crippen LogP contribution >= 0.6 is 0 Å². The van der Waals surface area contributed by atoms with Crippen LogP contribution in [0, 0.1) is 0 Å². The minimum Gasteiger partial charge on any atom is -0.393 e. The lowest BCUT2D eigenvalue weighted by Crippen LogP contribution is -2.62. The van der Waals surface area contributed by atoms with Crippen LogP contribution in [0.1, 0.15) is 24.8 Å². The number of aryl methyl sites for hydroxylation is 1. The van der Waals surface area contributed by atoms with Crippen LogP contribution in [-0.4, -0.2) is 81.6 Å². The first-order chi connectivity index (χ1) is 13.5. The smallest absolute Gasteiger partial charge is 0.186 e. The number of aliphatic hydroxyl groups is 2. The van der Waals surface area contributed by atoms with Crippen LogP contribution in [0.15, 0.2) is 30.3 Å². The molecule has 7 nitrogen and oxygen atoms in total. The zero-order valence-corrected chi connectivity index (χ0v) is 17.2. The molecule has 1 fully saturated rings. The molecule has 0 spiro atoms. The third-order valence-electron chi connectivity index (χ3n) is 5.36. The first-order valence-corrected chi connectivity index (χ1v) is 9.72. The molecule has 2 unspecified atom stereocenters. The molecule has 0 bridgehead atoms. The largest absolute Gasteiger partial charge is 0.393 e. The van der Waals surface area contributed by atoms with Crippen molar-refractivity contribution in [1.29, 1.82) is 0 Å². The van der Waals surface area contributed by atoms with Crippen LogP contribution in [0.25, 0.3) is 0 Å². The van der Waals surface area contributed by atoms with E-state index >= 15 is 0 Å². The molecule has 2 rings (SSSR count). The Kier molecular flexibility index (Phi) is 9.81. The molecule has 0 saturated carbocycles. The van der Waals surface area contributed by atoms with E-state index in [2.05, 4.69) is 0 Å². The minimum absolute atomic E-state index is 0.380. The molecule has 0 radical (unpaired) electrons. The summed E-state index contributed by atoms with van der Waals surface area (Å²) in [4.78, 5) is 0. The van der Waals surface area contributed by atoms with E-state index in [-0.39, 0.29) is 0 Å². The van der Waals surface area contributed by atoms with Gasteiger partial charge in [-0.2, -0.15) is 0 Å². The van der Waals surface area contributed by atoms with Gasteiger partial charge in [-0.15, -0.1) is 0 Å². The fraction of sp³-hybridized carbons (Fsp3) is 0.714. The van der Waals surface area contributed by atoms with Crippen molar-refractivity contribution in [1.82, 2.24) is 0 Å². The Labute approximate surface area is 167 Å². The molecule has 7 heteroatoms. The van der Waals surface area contributed by atoms with Gasteiger partial charge in [0.2, 0.25) is 0 Å². The van der Waals surface area contributed by atoms with Gasteiger partial charge in [-0.1, -0.05) is 30.3 Å². The molecule has 1 aromatic rings. The minimum atomic E-state index is -0.829. The van der Waals surface area contributed by atoms with Crippen molar-refractivity contribution in [2.75, 3.05) is 28.4 Å². The van der Waals surface area contributed by atoms with Crippen molar-refractivity contribution in [2.45, 2.75) is 68.6 Å². The SMILES string of the molecule is CO[C@H]1O[C@H](C(O)CCC(O)CCc2ccccc2)[C@@H](OC)[C@H](OC)[C@H]1OC. The maximum atomic E-state index is 10.7. The maximum absolute atomic E-state index is 10.7. The van der Waals surface area contributed by atoms with Gasteiger partial charge in [0, 0.05) is 28.4 Å². The number of ether oxygens (including phenoxy) is 5. The molecule has 1 aromatic carbocycles. The topological polar surface area (TPSA) is 86.6 Å². The van der Waals surface area contributed by atoms with Gasteiger partial charge < -0.3 is 33.9 Å². The van der Waals surface area contributed by atoms with E-state index in [4.69, 9.17) is 23.7 Å². The normalized spacial score (nSPS) is 30.1. The summed E-state index contributed by atoms with van der Waals surface area (Å²) in [6, 6.07) is 10.0. The van der Waals surface area contributed by atoms with E-state index in [0.717, 1.165) is 6.42 Å². The summed E-state index contributed by atoms with van der Waals surface area (Å²) >= 11 is 0. The fourth-order valence-corrected chi connectivity index (χ4v) is 3.77. The maximum Gasteiger partial charge on any atom is 0.186 e. The summed E-state index contributed by atoms with van der Waals surface area (Å²) in [6.07, 6.45) is -1.80. The quantitative estimate of drug-likeness (QED) is 0.585. The van der Waals surface area contributed by atoms with Crippen molar-refractivity contribution >= 4 is 0 Å². The fourth-order valence-electron chi connectivity index (χ4n) is 3.77. The zero-order valence-electron chi connectivity index (χ0n) is 17.2. The Morgan fingerprint density at radius 3 is 2.04 bits per heavy atom. The van der Waals surface area contributed by atoms with Crippen molar-refractivity contribution < 1.29 is 33.9 Å². The summed E-state index contributed by atoms with van der Waals surface area (Å²) in [5, 5.41) is 21.0. The van der Waals surface area contributed by atoms with Gasteiger partial charge in [-0.25, -0.2) is 0 Å². The highest BCUT2D eigenvalue weighted by atomic mass is 16.7. The van der Waals surface area contributed by atoms with Crippen molar-refractivity contribution in [3.05, 3.63) is 35.9 Å². The van der Waals surface area contributed by atoms with Crippen LogP contribution in [0.4, 0.5) is 0 Å². The Hall–Kier alpha value is -1.06. The molecule has 1 saturated heterocycles. The van der Waals surface area contributed by atoms with E-state index < -0.39 is 42.9 Å². The van der Waals surface area contributed by atoms with Crippen molar-refractivity contribution in [3.8, 4) is 0 Å². The second-order valence-electron chi connectivity index (χ2n) is 7.13. The van der Waals surface area contributed by atoms with E-state index in [9.17, 15) is 10.2 Å². The summed E-state index contributed by atoms with van der Waals surface area (Å²) in [5.41, 5.74) is 1.19. The van der Waals surface area contributed by atoms with Gasteiger partial charge in [0.25, 0.3) is 0 Å². The highest BCUT2D eigenvalue weighted by Gasteiger charge is 2.49. The predicted octanol–water partition coefficient (Wildman–Crippen LogP) is 1.54. The molecule has 1 aliphatic heterocycles. The lowest BCUT2D eigenvalue weighted by molar-refractivity contribution is -0.315. The van der Waals surface area contributed by atoms with E-state index in [1.807, 2.05) is 30.3 Å². The Bertz CT molecular complexity index is 541. The number of hydrogen-bond acceptors (Lipinski definition) is 7. The van der Waals surface area contributed by atoms with Gasteiger partial charge in [0.15, 0.2) is 6.29 Å². The van der Waals surface area contributed by atoms with Gasteiger partial charge in [0.05, 0.1) is 12.2 Å². The predicted molar refractivity (Wildman–Crippen MR) is 104 cm³/mol. The third-order valence-corrected chi connectivity index (χ3v) is 5.36. The molecule has 0 aromatic heterocycles. The second-order valence-corrected chi connectivity index (χ2v) is 7.13. The van der Waals surface area contributed by atoms with E-state index in [1.165, 1.54) is 12.7 Å². The number of benzene rings is 1. The first kappa shape index (κ1) is 23.2. The second kappa shape index (κ2) is 11.8. The number of hydrogen-bond donors (Lipinski definition) is 2. The van der Waals surface area contributed by atoms with E-state index in [1.54, 1.807) is 21.3 Å². The number of rotatable bonds is 11. The monoisotopic (exact) mass is 398 g/mol. The molecule has 160 valence electrons. The summed E-state index contributed by atoms with van der Waals surface area (Å²) < 4.78 is 27.8. The zero-order chi connectivity index (χ0) is 20.5. The highest BCUT2D eigenvalue weighted by Crippen LogP contribution is 2.30.